The number of aromatic nitrogens is 4. The van der Waals surface area contributed by atoms with E-state index < -0.39 is 0 Å². The van der Waals surface area contributed by atoms with E-state index in [1.807, 2.05) is 23.1 Å². The molecular weight excluding hydrogens is 316 g/mol. The summed E-state index contributed by atoms with van der Waals surface area (Å²) in [4.78, 5) is 19.1. The Balaban J connectivity index is 1.49. The number of amides is 1. The second-order valence-electron chi connectivity index (χ2n) is 5.96. The lowest BCUT2D eigenvalue weighted by atomic mass is 10.1. The number of hydrogen-bond donors (Lipinski definition) is 0. The normalized spacial score (nSPS) is 13.3. The number of hydrogen-bond acceptors (Lipinski definition) is 4. The van der Waals surface area contributed by atoms with Crippen LogP contribution in [0.25, 0.3) is 0 Å². The number of nitriles is 1. The van der Waals surface area contributed by atoms with E-state index in [0.29, 0.717) is 30.8 Å². The first-order valence-electron chi connectivity index (χ1n) is 8.05. The summed E-state index contributed by atoms with van der Waals surface area (Å²) >= 11 is 0. The van der Waals surface area contributed by atoms with Crippen LogP contribution in [0.3, 0.4) is 0 Å². The molecule has 7 nitrogen and oxygen atoms in total. The number of carbonyl (C=O) groups excluding carboxylic acids is 1. The molecule has 1 amide bonds. The first-order chi connectivity index (χ1) is 12.2. The molecule has 0 saturated carbocycles. The molecule has 1 aliphatic heterocycles. The monoisotopic (exact) mass is 332 g/mol. The van der Waals surface area contributed by atoms with E-state index in [-0.39, 0.29) is 5.91 Å². The van der Waals surface area contributed by atoms with Crippen molar-refractivity contribution in [2.75, 3.05) is 6.54 Å². The van der Waals surface area contributed by atoms with Crippen LogP contribution in [0.15, 0.2) is 48.9 Å². The minimum atomic E-state index is -0.0348. The lowest BCUT2D eigenvalue weighted by Gasteiger charge is -2.27. The highest BCUT2D eigenvalue weighted by Gasteiger charge is 2.23. The van der Waals surface area contributed by atoms with Crippen molar-refractivity contribution in [3.63, 3.8) is 0 Å². The first kappa shape index (κ1) is 15.1. The molecule has 25 heavy (non-hydrogen) atoms. The van der Waals surface area contributed by atoms with Crippen LogP contribution in [-0.4, -0.2) is 36.7 Å². The Bertz CT molecular complexity index is 933. The predicted molar refractivity (Wildman–Crippen MR) is 89.5 cm³/mol. The van der Waals surface area contributed by atoms with Crippen LogP contribution in [-0.2, 0) is 19.6 Å². The van der Waals surface area contributed by atoms with Crippen LogP contribution in [0.1, 0.15) is 27.4 Å². The van der Waals surface area contributed by atoms with Crippen LogP contribution >= 0.6 is 0 Å². The van der Waals surface area contributed by atoms with Crippen molar-refractivity contribution in [2.45, 2.75) is 19.6 Å². The van der Waals surface area contributed by atoms with E-state index in [4.69, 9.17) is 5.26 Å². The minimum absolute atomic E-state index is 0.0348. The van der Waals surface area contributed by atoms with E-state index in [9.17, 15) is 4.79 Å². The molecule has 3 aromatic rings. The quantitative estimate of drug-likeness (QED) is 0.730. The van der Waals surface area contributed by atoms with Gasteiger partial charge in [-0.15, -0.1) is 0 Å². The molecule has 0 bridgehead atoms. The third-order valence-electron chi connectivity index (χ3n) is 4.28. The van der Waals surface area contributed by atoms with Gasteiger partial charge in [0, 0.05) is 37.2 Å². The van der Waals surface area contributed by atoms with Gasteiger partial charge >= 0.3 is 0 Å². The van der Waals surface area contributed by atoms with Gasteiger partial charge in [0.15, 0.2) is 0 Å². The largest absolute Gasteiger partial charge is 0.331 e. The zero-order chi connectivity index (χ0) is 17.2. The van der Waals surface area contributed by atoms with Gasteiger partial charge in [0.25, 0.3) is 5.91 Å². The van der Waals surface area contributed by atoms with Gasteiger partial charge < -0.3 is 9.47 Å². The van der Waals surface area contributed by atoms with Crippen LogP contribution in [0.4, 0.5) is 0 Å². The Morgan fingerprint density at radius 2 is 2.08 bits per heavy atom. The fraction of sp³-hybridized carbons (Fsp3) is 0.222. The van der Waals surface area contributed by atoms with Gasteiger partial charge in [-0.1, -0.05) is 0 Å². The van der Waals surface area contributed by atoms with Crippen molar-refractivity contribution in [3.8, 4) is 6.07 Å². The van der Waals surface area contributed by atoms with E-state index in [1.165, 1.54) is 0 Å². The zero-order valence-corrected chi connectivity index (χ0v) is 13.5. The number of rotatable bonds is 3. The summed E-state index contributed by atoms with van der Waals surface area (Å²) < 4.78 is 3.93. The Morgan fingerprint density at radius 1 is 1.24 bits per heavy atom. The molecule has 3 heterocycles. The Kier molecular flexibility index (Phi) is 3.78. The molecule has 2 aromatic heterocycles. The summed E-state index contributed by atoms with van der Waals surface area (Å²) in [5.74, 6) is 0.850. The number of carbonyl (C=O) groups is 1. The molecule has 0 radical (unpaired) electrons. The average Bonchev–Trinajstić information content (AvgIpc) is 3.30. The molecule has 4 rings (SSSR count). The summed E-state index contributed by atoms with van der Waals surface area (Å²) in [6, 6.07) is 10.7. The number of nitrogens with zero attached hydrogens (tertiary/aromatic N) is 6. The topological polar surface area (TPSA) is 79.7 Å². The SMILES string of the molecule is N#Cc1ccc(C(=O)N2CCn3cc(Cn4cccn4)nc3C2)cc1. The Hall–Kier alpha value is -3.40. The second kappa shape index (κ2) is 6.24. The van der Waals surface area contributed by atoms with Gasteiger partial charge in [0.05, 0.1) is 30.4 Å². The summed E-state index contributed by atoms with van der Waals surface area (Å²) in [6.07, 6.45) is 5.67. The molecule has 1 aromatic carbocycles. The first-order valence-corrected chi connectivity index (χ1v) is 8.05. The molecule has 0 aliphatic carbocycles. The molecule has 0 fully saturated rings. The van der Waals surface area contributed by atoms with Gasteiger partial charge in [-0.3, -0.25) is 9.48 Å². The minimum Gasteiger partial charge on any atom is -0.331 e. The molecule has 0 saturated heterocycles. The molecule has 0 N–H and O–H groups in total. The number of imidazole rings is 1. The van der Waals surface area contributed by atoms with Crippen LogP contribution < -0.4 is 0 Å². The third kappa shape index (κ3) is 3.02. The summed E-state index contributed by atoms with van der Waals surface area (Å²) in [5, 5.41) is 13.1. The van der Waals surface area contributed by atoms with Crippen LogP contribution in [0.5, 0.6) is 0 Å². The van der Waals surface area contributed by atoms with E-state index in [1.54, 1.807) is 35.4 Å². The average molecular weight is 332 g/mol. The second-order valence-corrected chi connectivity index (χ2v) is 5.96. The molecular formula is C18H16N6O. The van der Waals surface area contributed by atoms with Gasteiger partial charge in [-0.25, -0.2) is 4.98 Å². The fourth-order valence-electron chi connectivity index (χ4n) is 2.99. The molecule has 0 unspecified atom stereocenters. The molecule has 0 atom stereocenters. The lowest BCUT2D eigenvalue weighted by Crippen LogP contribution is -2.38. The number of fused-ring (bicyclic) bond motifs is 1. The maximum Gasteiger partial charge on any atom is 0.254 e. The van der Waals surface area contributed by atoms with Crippen molar-refractivity contribution < 1.29 is 4.79 Å². The third-order valence-corrected chi connectivity index (χ3v) is 4.28. The molecule has 0 spiro atoms. The lowest BCUT2D eigenvalue weighted by molar-refractivity contribution is 0.0707. The smallest absolute Gasteiger partial charge is 0.254 e. The number of benzene rings is 1. The summed E-state index contributed by atoms with van der Waals surface area (Å²) in [6.45, 7) is 2.47. The summed E-state index contributed by atoms with van der Waals surface area (Å²) in [5.41, 5.74) is 2.08. The maximum atomic E-state index is 12.7. The van der Waals surface area contributed by atoms with Gasteiger partial charge in [-0.05, 0) is 30.3 Å². The van der Waals surface area contributed by atoms with E-state index >= 15 is 0 Å². The van der Waals surface area contributed by atoms with Gasteiger partial charge in [0.2, 0.25) is 0 Å². The van der Waals surface area contributed by atoms with E-state index in [0.717, 1.165) is 18.1 Å². The summed E-state index contributed by atoms with van der Waals surface area (Å²) in [7, 11) is 0. The highest BCUT2D eigenvalue weighted by molar-refractivity contribution is 5.94. The van der Waals surface area contributed by atoms with Crippen molar-refractivity contribution in [1.29, 1.82) is 5.26 Å². The van der Waals surface area contributed by atoms with Crippen LogP contribution in [0, 0.1) is 11.3 Å². The van der Waals surface area contributed by atoms with Crippen molar-refractivity contribution in [2.24, 2.45) is 0 Å². The molecule has 124 valence electrons. The van der Waals surface area contributed by atoms with Gasteiger partial charge in [0.1, 0.15) is 5.82 Å². The predicted octanol–water partition coefficient (Wildman–Crippen LogP) is 1.66. The Labute approximate surface area is 144 Å². The standard InChI is InChI=1S/C18H16N6O/c19-10-14-2-4-15(5-3-14)18(25)23-9-8-22-11-16(21-17(22)13-23)12-24-7-1-6-20-24/h1-7,11H,8-9,12-13H2. The highest BCUT2D eigenvalue weighted by atomic mass is 16.2. The van der Waals surface area contributed by atoms with Gasteiger partial charge in [-0.2, -0.15) is 10.4 Å². The molecule has 7 heteroatoms. The highest BCUT2D eigenvalue weighted by Crippen LogP contribution is 2.16. The molecule has 1 aliphatic rings. The zero-order valence-electron chi connectivity index (χ0n) is 13.5. The maximum absolute atomic E-state index is 12.7. The van der Waals surface area contributed by atoms with Crippen LogP contribution in [0.2, 0.25) is 0 Å². The van der Waals surface area contributed by atoms with Crippen molar-refractivity contribution >= 4 is 5.91 Å². The Morgan fingerprint density at radius 3 is 2.80 bits per heavy atom. The van der Waals surface area contributed by atoms with Crippen molar-refractivity contribution in [3.05, 3.63) is 71.6 Å². The van der Waals surface area contributed by atoms with Crippen molar-refractivity contribution in [1.82, 2.24) is 24.2 Å². The van der Waals surface area contributed by atoms with E-state index in [2.05, 4.69) is 20.7 Å². The fourth-order valence-corrected chi connectivity index (χ4v) is 2.99.